The van der Waals surface area contributed by atoms with Gasteiger partial charge in [-0.3, -0.25) is 4.79 Å². The molecule has 0 saturated carbocycles. The maximum Gasteiger partial charge on any atom is 0.323 e. The number of hydrogen-bond acceptors (Lipinski definition) is 5. The highest BCUT2D eigenvalue weighted by molar-refractivity contribution is 7.89. The SMILES string of the molecule is CCN([C@@H](C)C(=O)OC)S(=O)(=O)c1ccc(OC)cc1. The summed E-state index contributed by atoms with van der Waals surface area (Å²) in [4.78, 5) is 11.6. The lowest BCUT2D eigenvalue weighted by molar-refractivity contribution is -0.144. The Kier molecular flexibility index (Phi) is 5.52. The van der Waals surface area contributed by atoms with Crippen molar-refractivity contribution in [2.24, 2.45) is 0 Å². The normalized spacial score (nSPS) is 13.1. The second-order valence-corrected chi connectivity index (χ2v) is 5.97. The van der Waals surface area contributed by atoms with Gasteiger partial charge in [0.1, 0.15) is 11.8 Å². The summed E-state index contributed by atoms with van der Waals surface area (Å²) in [6.07, 6.45) is 0. The lowest BCUT2D eigenvalue weighted by Gasteiger charge is -2.25. The molecular weight excluding hydrogens is 282 g/mol. The molecule has 20 heavy (non-hydrogen) atoms. The van der Waals surface area contributed by atoms with Crippen LogP contribution in [0.1, 0.15) is 13.8 Å². The number of carbonyl (C=O) groups is 1. The van der Waals surface area contributed by atoms with Crippen LogP contribution < -0.4 is 4.74 Å². The molecular formula is C13H19NO5S. The molecule has 0 bridgehead atoms. The molecule has 0 unspecified atom stereocenters. The van der Waals surface area contributed by atoms with E-state index in [4.69, 9.17) is 4.74 Å². The van der Waals surface area contributed by atoms with Crippen LogP contribution in [-0.2, 0) is 19.6 Å². The summed E-state index contributed by atoms with van der Waals surface area (Å²) in [6, 6.07) is 5.13. The van der Waals surface area contributed by atoms with E-state index in [-0.39, 0.29) is 11.4 Å². The summed E-state index contributed by atoms with van der Waals surface area (Å²) < 4.78 is 35.7. The van der Waals surface area contributed by atoms with E-state index in [2.05, 4.69) is 4.74 Å². The van der Waals surface area contributed by atoms with Crippen LogP contribution in [0.25, 0.3) is 0 Å². The van der Waals surface area contributed by atoms with E-state index in [9.17, 15) is 13.2 Å². The summed E-state index contributed by atoms with van der Waals surface area (Å²) in [5.41, 5.74) is 0. The minimum Gasteiger partial charge on any atom is -0.497 e. The van der Waals surface area contributed by atoms with E-state index >= 15 is 0 Å². The van der Waals surface area contributed by atoms with Gasteiger partial charge in [-0.1, -0.05) is 6.92 Å². The molecule has 6 nitrogen and oxygen atoms in total. The molecule has 112 valence electrons. The Hall–Kier alpha value is -1.60. The number of carbonyl (C=O) groups excluding carboxylic acids is 1. The average molecular weight is 301 g/mol. The molecule has 1 rings (SSSR count). The van der Waals surface area contributed by atoms with Crippen molar-refractivity contribution in [3.05, 3.63) is 24.3 Å². The number of nitrogens with zero attached hydrogens (tertiary/aromatic N) is 1. The highest BCUT2D eigenvalue weighted by Gasteiger charge is 2.32. The van der Waals surface area contributed by atoms with Gasteiger partial charge in [0.05, 0.1) is 19.1 Å². The van der Waals surface area contributed by atoms with Crippen molar-refractivity contribution in [2.75, 3.05) is 20.8 Å². The van der Waals surface area contributed by atoms with Gasteiger partial charge in [-0.2, -0.15) is 4.31 Å². The number of benzene rings is 1. The largest absolute Gasteiger partial charge is 0.497 e. The Balaban J connectivity index is 3.14. The molecule has 0 aromatic heterocycles. The van der Waals surface area contributed by atoms with Crippen molar-refractivity contribution < 1.29 is 22.7 Å². The van der Waals surface area contributed by atoms with E-state index in [1.165, 1.54) is 33.3 Å². The molecule has 7 heteroatoms. The molecule has 1 atom stereocenters. The highest BCUT2D eigenvalue weighted by atomic mass is 32.2. The summed E-state index contributed by atoms with van der Waals surface area (Å²) in [5, 5.41) is 0. The predicted molar refractivity (Wildman–Crippen MR) is 74.0 cm³/mol. The number of rotatable bonds is 6. The number of esters is 1. The summed E-state index contributed by atoms with van der Waals surface area (Å²) in [5.74, 6) is -0.0306. The van der Waals surface area contributed by atoms with E-state index in [0.717, 1.165) is 4.31 Å². The van der Waals surface area contributed by atoms with Crippen molar-refractivity contribution in [3.8, 4) is 5.75 Å². The van der Waals surface area contributed by atoms with Crippen molar-refractivity contribution in [2.45, 2.75) is 24.8 Å². The topological polar surface area (TPSA) is 72.9 Å². The molecule has 0 fully saturated rings. The van der Waals surface area contributed by atoms with Crippen molar-refractivity contribution >= 4 is 16.0 Å². The number of methoxy groups -OCH3 is 2. The van der Waals surface area contributed by atoms with Crippen LogP contribution in [0.15, 0.2) is 29.2 Å². The standard InChI is InChI=1S/C13H19NO5S/c1-5-14(10(2)13(15)19-4)20(16,17)12-8-6-11(18-3)7-9-12/h6-10H,5H2,1-4H3/t10-/m0/s1. The molecule has 0 aliphatic carbocycles. The maximum absolute atomic E-state index is 12.5. The molecule has 0 spiro atoms. The number of hydrogen-bond donors (Lipinski definition) is 0. The summed E-state index contributed by atoms with van der Waals surface area (Å²) in [6.45, 7) is 3.33. The van der Waals surface area contributed by atoms with Crippen molar-refractivity contribution in [1.82, 2.24) is 4.31 Å². The molecule has 0 N–H and O–H groups in total. The van der Waals surface area contributed by atoms with E-state index < -0.39 is 22.0 Å². The molecule has 0 radical (unpaired) electrons. The maximum atomic E-state index is 12.5. The first-order valence-corrected chi connectivity index (χ1v) is 7.56. The Morgan fingerprint density at radius 1 is 1.25 bits per heavy atom. The first kappa shape index (κ1) is 16.5. The fraction of sp³-hybridized carbons (Fsp3) is 0.462. The lowest BCUT2D eigenvalue weighted by atomic mass is 10.3. The molecule has 0 amide bonds. The van der Waals surface area contributed by atoms with E-state index in [0.29, 0.717) is 5.75 Å². The molecule has 1 aromatic carbocycles. The van der Waals surface area contributed by atoms with Gasteiger partial charge in [0.15, 0.2) is 0 Å². The quantitative estimate of drug-likeness (QED) is 0.740. The van der Waals surface area contributed by atoms with Crippen LogP contribution in [0.5, 0.6) is 5.75 Å². The van der Waals surface area contributed by atoms with Gasteiger partial charge < -0.3 is 9.47 Å². The van der Waals surface area contributed by atoms with Crippen molar-refractivity contribution in [1.29, 1.82) is 0 Å². The fourth-order valence-electron chi connectivity index (χ4n) is 1.82. The zero-order valence-electron chi connectivity index (χ0n) is 12.0. The first-order chi connectivity index (χ1) is 9.38. The van der Waals surface area contributed by atoms with Gasteiger partial charge in [0.25, 0.3) is 0 Å². The zero-order valence-corrected chi connectivity index (χ0v) is 12.8. The van der Waals surface area contributed by atoms with Gasteiger partial charge in [-0.05, 0) is 31.2 Å². The predicted octanol–water partition coefficient (Wildman–Crippen LogP) is 1.27. The minimum absolute atomic E-state index is 0.107. The third-order valence-corrected chi connectivity index (χ3v) is 5.01. The summed E-state index contributed by atoms with van der Waals surface area (Å²) in [7, 11) is -1.02. The van der Waals surface area contributed by atoms with Gasteiger partial charge in [0.2, 0.25) is 10.0 Å². The molecule has 1 aromatic rings. The molecule has 0 heterocycles. The number of likely N-dealkylation sites (N-methyl/N-ethyl adjacent to an activating group) is 1. The first-order valence-electron chi connectivity index (χ1n) is 6.12. The van der Waals surface area contributed by atoms with Crippen LogP contribution >= 0.6 is 0 Å². The van der Waals surface area contributed by atoms with Gasteiger partial charge >= 0.3 is 5.97 Å². The second-order valence-electron chi connectivity index (χ2n) is 4.08. The van der Waals surface area contributed by atoms with Gasteiger partial charge in [0, 0.05) is 6.54 Å². The van der Waals surface area contributed by atoms with Gasteiger partial charge in [-0.15, -0.1) is 0 Å². The minimum atomic E-state index is -3.75. The Bertz CT molecular complexity index is 553. The third-order valence-electron chi connectivity index (χ3n) is 2.95. The average Bonchev–Trinajstić information content (AvgIpc) is 2.46. The third kappa shape index (κ3) is 3.29. The van der Waals surface area contributed by atoms with Crippen LogP contribution in [0.3, 0.4) is 0 Å². The molecule has 0 aliphatic heterocycles. The van der Waals surface area contributed by atoms with Gasteiger partial charge in [-0.25, -0.2) is 8.42 Å². The smallest absolute Gasteiger partial charge is 0.323 e. The molecule has 0 aliphatic rings. The van der Waals surface area contributed by atoms with E-state index in [1.54, 1.807) is 19.1 Å². The number of sulfonamides is 1. The Morgan fingerprint density at radius 2 is 1.80 bits per heavy atom. The highest BCUT2D eigenvalue weighted by Crippen LogP contribution is 2.21. The van der Waals surface area contributed by atoms with Crippen LogP contribution in [0.2, 0.25) is 0 Å². The van der Waals surface area contributed by atoms with Crippen LogP contribution in [0, 0.1) is 0 Å². The Labute approximate surface area is 119 Å². The lowest BCUT2D eigenvalue weighted by Crippen LogP contribution is -2.43. The zero-order chi connectivity index (χ0) is 15.3. The monoisotopic (exact) mass is 301 g/mol. The molecule has 0 saturated heterocycles. The fourth-order valence-corrected chi connectivity index (χ4v) is 3.42. The number of ether oxygens (including phenoxy) is 2. The van der Waals surface area contributed by atoms with Crippen LogP contribution in [-0.4, -0.2) is 45.5 Å². The van der Waals surface area contributed by atoms with E-state index in [1.807, 2.05) is 0 Å². The second kappa shape index (κ2) is 6.71. The van der Waals surface area contributed by atoms with Crippen LogP contribution in [0.4, 0.5) is 0 Å². The summed E-state index contributed by atoms with van der Waals surface area (Å²) >= 11 is 0. The van der Waals surface area contributed by atoms with Crippen molar-refractivity contribution in [3.63, 3.8) is 0 Å². The Morgan fingerprint density at radius 3 is 2.20 bits per heavy atom.